The lowest BCUT2D eigenvalue weighted by Gasteiger charge is -2.42. The van der Waals surface area contributed by atoms with E-state index in [1.807, 2.05) is 0 Å². The third-order valence-corrected chi connectivity index (χ3v) is 1.96. The molecule has 0 unspecified atom stereocenters. The summed E-state index contributed by atoms with van der Waals surface area (Å²) >= 11 is 0. The first kappa shape index (κ1) is 9.40. The molecule has 9 N–H and O–H groups in total. The minimum absolute atomic E-state index is 0.145. The van der Waals surface area contributed by atoms with E-state index >= 15 is 0 Å². The zero-order valence-electron chi connectivity index (χ0n) is 7.19. The molecule has 0 aromatic rings. The van der Waals surface area contributed by atoms with Crippen LogP contribution in [0.5, 0.6) is 0 Å². The molecule has 1 saturated heterocycles. The van der Waals surface area contributed by atoms with E-state index in [2.05, 4.69) is 0 Å². The summed E-state index contributed by atoms with van der Waals surface area (Å²) in [5.41, 5.74) is 21.8. The maximum Gasteiger partial charge on any atom is 0.282 e. The fourth-order valence-electron chi connectivity index (χ4n) is 1.13. The van der Waals surface area contributed by atoms with E-state index in [0.717, 1.165) is 0 Å². The van der Waals surface area contributed by atoms with E-state index in [-0.39, 0.29) is 16.6 Å². The summed E-state index contributed by atoms with van der Waals surface area (Å²) < 4.78 is 10.1. The molecule has 8 heteroatoms. The number of ether oxygens (including phenoxy) is 2. The minimum atomic E-state index is -1.87. The summed E-state index contributed by atoms with van der Waals surface area (Å²) in [4.78, 5) is 0. The number of nitrogens with two attached hydrogens (primary N) is 4. The number of hydrogen-bond acceptors (Lipinski definition) is 7. The summed E-state index contributed by atoms with van der Waals surface area (Å²) in [7, 11) is 0. The highest BCUT2D eigenvalue weighted by Gasteiger charge is 2.52. The van der Waals surface area contributed by atoms with Crippen LogP contribution in [0.1, 0.15) is 0 Å². The van der Waals surface area contributed by atoms with E-state index < -0.39 is 11.7 Å². The molecule has 14 heavy (non-hydrogen) atoms. The summed E-state index contributed by atoms with van der Waals surface area (Å²) in [5.74, 6) is -3.46. The third-order valence-electron chi connectivity index (χ3n) is 1.96. The van der Waals surface area contributed by atoms with Gasteiger partial charge in [-0.2, -0.15) is 0 Å². The molecule has 8 nitrogen and oxygen atoms in total. The lowest BCUT2D eigenvalue weighted by molar-refractivity contribution is -0.728. The Morgan fingerprint density at radius 3 is 1.71 bits per heavy atom. The Kier molecular flexibility index (Phi) is 1.64. The average Bonchev–Trinajstić information content (AvgIpc) is 2.27. The topological polar surface area (TPSA) is 150 Å². The second-order valence-electron chi connectivity index (χ2n) is 3.21. The van der Waals surface area contributed by atoms with Gasteiger partial charge in [0, 0.05) is 0 Å². The monoisotopic (exact) mass is 201 g/mol. The molecule has 2 aliphatic heterocycles. The van der Waals surface area contributed by atoms with Crippen LogP contribution in [-0.4, -0.2) is 11.7 Å². The zero-order valence-corrected chi connectivity index (χ0v) is 7.19. The molecule has 0 amide bonds. The van der Waals surface area contributed by atoms with Crippen molar-refractivity contribution < 1.29 is 14.5 Å². The van der Waals surface area contributed by atoms with Crippen LogP contribution >= 0.6 is 0 Å². The van der Waals surface area contributed by atoms with Gasteiger partial charge < -0.3 is 19.7 Å². The van der Waals surface area contributed by atoms with Crippen molar-refractivity contribution in [2.24, 2.45) is 22.9 Å². The van der Waals surface area contributed by atoms with Crippen molar-refractivity contribution in [1.82, 2.24) is 0 Å². The molecule has 78 valence electrons. The fourth-order valence-corrected chi connectivity index (χ4v) is 1.13. The fraction of sp³-hybridized carbons (Fsp3) is 0.333. The maximum absolute atomic E-state index is 11.0. The highest BCUT2D eigenvalue weighted by molar-refractivity contribution is 5.24. The van der Waals surface area contributed by atoms with Gasteiger partial charge in [-0.3, -0.25) is 22.9 Å². The third kappa shape index (κ3) is 1.18. The van der Waals surface area contributed by atoms with Crippen LogP contribution in [0.2, 0.25) is 0 Å². The number of fused-ring (bicyclic) bond motifs is 1. The molecule has 2 aliphatic rings. The number of hydrogen-bond donors (Lipinski definition) is 5. The summed E-state index contributed by atoms with van der Waals surface area (Å²) in [5, 5.41) is 10.7. The number of hydroxylamine groups is 2. The Morgan fingerprint density at radius 1 is 1.00 bits per heavy atom. The summed E-state index contributed by atoms with van der Waals surface area (Å²) in [6.07, 6.45) is 2.39. The molecular weight excluding hydrogens is 190 g/mol. The maximum atomic E-state index is 11.0. The summed E-state index contributed by atoms with van der Waals surface area (Å²) in [6, 6.07) is 0. The van der Waals surface area contributed by atoms with E-state index in [1.165, 1.54) is 12.4 Å². The SMILES string of the molecule is NC1(N)OC2=C[NH+]([O-])C=C2OC1(N)N. The van der Waals surface area contributed by atoms with Crippen molar-refractivity contribution in [2.45, 2.75) is 11.7 Å². The van der Waals surface area contributed by atoms with Crippen LogP contribution in [-0.2, 0) is 9.47 Å². The average molecular weight is 201 g/mol. The van der Waals surface area contributed by atoms with E-state index in [0.29, 0.717) is 0 Å². The van der Waals surface area contributed by atoms with Gasteiger partial charge in [0.05, 0.1) is 0 Å². The Balaban J connectivity index is 2.35. The molecule has 0 spiro atoms. The van der Waals surface area contributed by atoms with Crippen LogP contribution in [0.25, 0.3) is 0 Å². The van der Waals surface area contributed by atoms with Gasteiger partial charge in [-0.05, 0) is 0 Å². The molecule has 0 radical (unpaired) electrons. The van der Waals surface area contributed by atoms with Crippen LogP contribution in [0.4, 0.5) is 0 Å². The van der Waals surface area contributed by atoms with Crippen LogP contribution in [0.15, 0.2) is 23.9 Å². The molecule has 0 aromatic carbocycles. The van der Waals surface area contributed by atoms with Gasteiger partial charge in [0.25, 0.3) is 11.7 Å². The molecule has 0 aromatic heterocycles. The van der Waals surface area contributed by atoms with E-state index in [1.54, 1.807) is 0 Å². The minimum Gasteiger partial charge on any atom is -0.624 e. The van der Waals surface area contributed by atoms with Gasteiger partial charge in [0.2, 0.25) is 11.5 Å². The Morgan fingerprint density at radius 2 is 1.36 bits per heavy atom. The number of rotatable bonds is 0. The largest absolute Gasteiger partial charge is 0.624 e. The standard InChI is InChI=1S/C6H11N5O3/c7-5(8)6(9,10)14-4-2-11(12)1-3(4)13-5/h1-2,11H,7-10H2. The van der Waals surface area contributed by atoms with Gasteiger partial charge in [0.1, 0.15) is 12.4 Å². The van der Waals surface area contributed by atoms with E-state index in [9.17, 15) is 5.21 Å². The molecule has 2 rings (SSSR count). The predicted molar refractivity (Wildman–Crippen MR) is 44.9 cm³/mol. The van der Waals surface area contributed by atoms with Crippen LogP contribution < -0.4 is 28.0 Å². The predicted octanol–water partition coefficient (Wildman–Crippen LogP) is -3.75. The molecule has 0 saturated carbocycles. The van der Waals surface area contributed by atoms with Gasteiger partial charge in [-0.1, -0.05) is 0 Å². The number of nitrogens with one attached hydrogen (secondary N) is 1. The first-order chi connectivity index (χ1) is 6.32. The molecule has 2 heterocycles. The van der Waals surface area contributed by atoms with Gasteiger partial charge in [-0.15, -0.1) is 0 Å². The lowest BCUT2D eigenvalue weighted by Crippen LogP contribution is -2.96. The number of quaternary nitrogens is 1. The lowest BCUT2D eigenvalue weighted by atomic mass is 10.2. The highest BCUT2D eigenvalue weighted by Crippen LogP contribution is 2.29. The first-order valence-electron chi connectivity index (χ1n) is 3.83. The van der Waals surface area contributed by atoms with Crippen molar-refractivity contribution in [3.8, 4) is 0 Å². The smallest absolute Gasteiger partial charge is 0.282 e. The highest BCUT2D eigenvalue weighted by atomic mass is 16.6. The second-order valence-corrected chi connectivity index (χ2v) is 3.21. The van der Waals surface area contributed by atoms with Gasteiger partial charge in [-0.25, -0.2) is 0 Å². The zero-order chi connectivity index (χ0) is 10.6. The van der Waals surface area contributed by atoms with Crippen LogP contribution in [0, 0.1) is 5.21 Å². The van der Waals surface area contributed by atoms with Crippen molar-refractivity contribution in [3.05, 3.63) is 29.1 Å². The van der Waals surface area contributed by atoms with E-state index in [4.69, 9.17) is 32.4 Å². The normalized spacial score (nSPS) is 28.4. The van der Waals surface area contributed by atoms with Crippen molar-refractivity contribution in [3.63, 3.8) is 0 Å². The van der Waals surface area contributed by atoms with Gasteiger partial charge >= 0.3 is 0 Å². The molecular formula is C6H11N5O3. The first-order valence-corrected chi connectivity index (χ1v) is 3.83. The van der Waals surface area contributed by atoms with Gasteiger partial charge in [0.15, 0.2) is 0 Å². The molecule has 0 aliphatic carbocycles. The second kappa shape index (κ2) is 2.45. The summed E-state index contributed by atoms with van der Waals surface area (Å²) in [6.45, 7) is 0. The van der Waals surface area contributed by atoms with Crippen molar-refractivity contribution in [2.75, 3.05) is 0 Å². The Hall–Kier alpha value is -1.16. The van der Waals surface area contributed by atoms with Crippen LogP contribution in [0.3, 0.4) is 0 Å². The molecule has 1 fully saturated rings. The Bertz CT molecular complexity index is 302. The molecule has 0 bridgehead atoms. The van der Waals surface area contributed by atoms with Crippen molar-refractivity contribution in [1.29, 1.82) is 0 Å². The Labute approximate surface area is 79.3 Å². The molecule has 0 atom stereocenters. The van der Waals surface area contributed by atoms with Crippen molar-refractivity contribution >= 4 is 0 Å². The quantitative estimate of drug-likeness (QED) is 0.199.